The topological polar surface area (TPSA) is 55.8 Å². The van der Waals surface area contributed by atoms with Gasteiger partial charge in [0.15, 0.2) is 9.84 Å². The van der Waals surface area contributed by atoms with E-state index in [1.54, 1.807) is 7.11 Å². The summed E-state index contributed by atoms with van der Waals surface area (Å²) in [5, 5.41) is 0. The molecule has 1 fully saturated rings. The highest BCUT2D eigenvalue weighted by molar-refractivity contribution is 7.91. The zero-order valence-electron chi connectivity index (χ0n) is 8.44. The summed E-state index contributed by atoms with van der Waals surface area (Å²) in [5.74, 6) is 0.550. The highest BCUT2D eigenvalue weighted by Crippen LogP contribution is 2.02. The van der Waals surface area contributed by atoms with Crippen LogP contribution in [-0.2, 0) is 19.3 Å². The Bertz CT molecular complexity index is 238. The molecular weight excluding hydrogens is 206 g/mol. The predicted molar refractivity (Wildman–Crippen MR) is 52.9 cm³/mol. The van der Waals surface area contributed by atoms with Gasteiger partial charge >= 0.3 is 0 Å². The van der Waals surface area contributed by atoms with Crippen LogP contribution in [0.1, 0.15) is 0 Å². The van der Waals surface area contributed by atoms with Crippen molar-refractivity contribution in [2.75, 3.05) is 51.6 Å². The van der Waals surface area contributed by atoms with Gasteiger partial charge in [0.1, 0.15) is 6.79 Å². The number of hydrogen-bond acceptors (Lipinski definition) is 5. The lowest BCUT2D eigenvalue weighted by molar-refractivity contribution is -0.0360. The fourth-order valence-electron chi connectivity index (χ4n) is 1.31. The molecule has 0 aromatic rings. The van der Waals surface area contributed by atoms with Gasteiger partial charge in [0.2, 0.25) is 0 Å². The van der Waals surface area contributed by atoms with E-state index in [0.29, 0.717) is 26.5 Å². The average molecular weight is 223 g/mol. The van der Waals surface area contributed by atoms with Crippen molar-refractivity contribution in [3.63, 3.8) is 0 Å². The van der Waals surface area contributed by atoms with E-state index < -0.39 is 9.84 Å². The van der Waals surface area contributed by atoms with Crippen LogP contribution < -0.4 is 0 Å². The van der Waals surface area contributed by atoms with Gasteiger partial charge in [0, 0.05) is 26.7 Å². The van der Waals surface area contributed by atoms with Crippen LogP contribution in [0.15, 0.2) is 0 Å². The molecule has 1 aliphatic rings. The molecule has 0 aliphatic carbocycles. The highest BCUT2D eigenvalue weighted by atomic mass is 32.2. The van der Waals surface area contributed by atoms with Crippen LogP contribution in [0.3, 0.4) is 0 Å². The lowest BCUT2D eigenvalue weighted by Gasteiger charge is -2.26. The number of hydrogen-bond donors (Lipinski definition) is 0. The maximum absolute atomic E-state index is 11.1. The quantitative estimate of drug-likeness (QED) is 0.457. The van der Waals surface area contributed by atoms with E-state index >= 15 is 0 Å². The second kappa shape index (κ2) is 5.65. The van der Waals surface area contributed by atoms with Crippen LogP contribution in [0.2, 0.25) is 0 Å². The Labute approximate surface area is 84.9 Å². The van der Waals surface area contributed by atoms with Crippen molar-refractivity contribution in [1.29, 1.82) is 0 Å². The Kier molecular flexibility index (Phi) is 4.80. The van der Waals surface area contributed by atoms with E-state index in [4.69, 9.17) is 9.47 Å². The number of rotatable bonds is 5. The van der Waals surface area contributed by atoms with Crippen LogP contribution in [0, 0.1) is 0 Å². The third-order valence-corrected chi connectivity index (χ3v) is 3.80. The van der Waals surface area contributed by atoms with E-state index in [2.05, 4.69) is 4.90 Å². The molecule has 0 amide bonds. The monoisotopic (exact) mass is 223 g/mol. The Hall–Kier alpha value is -0.170. The van der Waals surface area contributed by atoms with Crippen molar-refractivity contribution in [2.24, 2.45) is 0 Å². The molecule has 1 aliphatic heterocycles. The van der Waals surface area contributed by atoms with Crippen LogP contribution in [0.25, 0.3) is 0 Å². The summed E-state index contributed by atoms with van der Waals surface area (Å²) in [4.78, 5) is 2.09. The van der Waals surface area contributed by atoms with Crippen molar-refractivity contribution in [3.8, 4) is 0 Å². The van der Waals surface area contributed by atoms with Crippen molar-refractivity contribution >= 4 is 9.84 Å². The summed E-state index contributed by atoms with van der Waals surface area (Å²) >= 11 is 0. The molecule has 1 rings (SSSR count). The molecule has 0 saturated carbocycles. The van der Waals surface area contributed by atoms with E-state index in [9.17, 15) is 8.42 Å². The summed E-state index contributed by atoms with van der Waals surface area (Å²) in [5.41, 5.74) is 0. The van der Waals surface area contributed by atoms with Gasteiger partial charge in [-0.15, -0.1) is 0 Å². The molecular formula is C8H17NO4S. The molecule has 1 heterocycles. The lowest BCUT2D eigenvalue weighted by atomic mass is 10.5. The smallest absolute Gasteiger partial charge is 0.152 e. The van der Waals surface area contributed by atoms with Gasteiger partial charge < -0.3 is 9.47 Å². The Morgan fingerprint density at radius 3 is 2.50 bits per heavy atom. The fraction of sp³-hybridized carbons (Fsp3) is 1.00. The molecule has 0 radical (unpaired) electrons. The van der Waals surface area contributed by atoms with E-state index in [1.807, 2.05) is 0 Å². The van der Waals surface area contributed by atoms with Crippen LogP contribution >= 0.6 is 0 Å². The first-order chi connectivity index (χ1) is 6.64. The van der Waals surface area contributed by atoms with Gasteiger partial charge in [-0.2, -0.15) is 0 Å². The Balaban J connectivity index is 2.10. The summed E-state index contributed by atoms with van der Waals surface area (Å²) in [6.45, 7) is 2.91. The number of ether oxygens (including phenoxy) is 2. The van der Waals surface area contributed by atoms with Crippen LogP contribution in [-0.4, -0.2) is 65.0 Å². The maximum Gasteiger partial charge on any atom is 0.152 e. The van der Waals surface area contributed by atoms with E-state index in [-0.39, 0.29) is 11.5 Å². The largest absolute Gasteiger partial charge is 0.359 e. The van der Waals surface area contributed by atoms with Gasteiger partial charge in [-0.25, -0.2) is 8.42 Å². The maximum atomic E-state index is 11.1. The third-order valence-electron chi connectivity index (χ3n) is 2.19. The van der Waals surface area contributed by atoms with Gasteiger partial charge in [0.25, 0.3) is 0 Å². The Morgan fingerprint density at radius 1 is 1.29 bits per heavy atom. The molecule has 0 atom stereocenters. The molecule has 0 N–H and O–H groups in total. The van der Waals surface area contributed by atoms with Crippen molar-refractivity contribution in [1.82, 2.24) is 4.90 Å². The first-order valence-corrected chi connectivity index (χ1v) is 6.46. The first kappa shape index (κ1) is 11.9. The van der Waals surface area contributed by atoms with Gasteiger partial charge in [-0.1, -0.05) is 0 Å². The summed E-state index contributed by atoms with van der Waals surface area (Å²) < 4.78 is 32.0. The molecule has 0 bridgehead atoms. The number of nitrogens with zero attached hydrogens (tertiary/aromatic N) is 1. The number of sulfone groups is 1. The highest BCUT2D eigenvalue weighted by Gasteiger charge is 2.20. The fourth-order valence-corrected chi connectivity index (χ4v) is 2.59. The molecule has 0 spiro atoms. The van der Waals surface area contributed by atoms with Crippen LogP contribution in [0.4, 0.5) is 0 Å². The Morgan fingerprint density at radius 2 is 1.93 bits per heavy atom. The van der Waals surface area contributed by atoms with Crippen molar-refractivity contribution < 1.29 is 17.9 Å². The molecule has 0 unspecified atom stereocenters. The lowest BCUT2D eigenvalue weighted by Crippen LogP contribution is -2.41. The molecule has 1 saturated heterocycles. The zero-order chi connectivity index (χ0) is 10.4. The number of methoxy groups -OCH3 is 1. The predicted octanol–water partition coefficient (Wildman–Crippen LogP) is -0.663. The van der Waals surface area contributed by atoms with Crippen molar-refractivity contribution in [2.45, 2.75) is 0 Å². The SMILES string of the molecule is COCOCCN1CCS(=O)(=O)CC1. The summed E-state index contributed by atoms with van der Waals surface area (Å²) in [6.07, 6.45) is 0. The van der Waals surface area contributed by atoms with Crippen LogP contribution in [0.5, 0.6) is 0 Å². The normalized spacial score (nSPS) is 22.4. The first-order valence-electron chi connectivity index (χ1n) is 4.63. The van der Waals surface area contributed by atoms with E-state index in [1.165, 1.54) is 0 Å². The van der Waals surface area contributed by atoms with Gasteiger partial charge in [-0.3, -0.25) is 4.90 Å². The minimum absolute atomic E-state index is 0.275. The van der Waals surface area contributed by atoms with Gasteiger partial charge in [0.05, 0.1) is 18.1 Å². The molecule has 0 aromatic heterocycles. The third kappa shape index (κ3) is 4.36. The average Bonchev–Trinajstić information content (AvgIpc) is 2.15. The molecule has 14 heavy (non-hydrogen) atoms. The second-order valence-electron chi connectivity index (χ2n) is 3.31. The molecule has 84 valence electrons. The minimum Gasteiger partial charge on any atom is -0.359 e. The molecule has 5 nitrogen and oxygen atoms in total. The standard InChI is InChI=1S/C8H17NO4S/c1-12-8-13-5-2-9-3-6-14(10,11)7-4-9/h2-8H2,1H3. The minimum atomic E-state index is -2.76. The van der Waals surface area contributed by atoms with Crippen molar-refractivity contribution in [3.05, 3.63) is 0 Å². The zero-order valence-corrected chi connectivity index (χ0v) is 9.25. The molecule has 0 aromatic carbocycles. The molecule has 6 heteroatoms. The summed E-state index contributed by atoms with van der Waals surface area (Å²) in [6, 6.07) is 0. The van der Waals surface area contributed by atoms with E-state index in [0.717, 1.165) is 6.54 Å². The second-order valence-corrected chi connectivity index (χ2v) is 5.61. The van der Waals surface area contributed by atoms with Gasteiger partial charge in [-0.05, 0) is 0 Å². The summed E-state index contributed by atoms with van der Waals surface area (Å²) in [7, 11) is -1.18.